The minimum atomic E-state index is -0.395. The number of nitrogens with one attached hydrogen (secondary N) is 3. The second-order valence-electron chi connectivity index (χ2n) is 8.98. The van der Waals surface area contributed by atoms with E-state index < -0.39 is 5.41 Å². The van der Waals surface area contributed by atoms with Crippen LogP contribution >= 0.6 is 15.9 Å². The molecular formula is C23H24BrN9O2. The molecule has 0 bridgehead atoms. The van der Waals surface area contributed by atoms with Crippen LogP contribution in [0.1, 0.15) is 33.1 Å². The summed E-state index contributed by atoms with van der Waals surface area (Å²) in [6.07, 6.45) is 5.76. The first-order chi connectivity index (χ1) is 16.8. The number of benzene rings is 1. The molecule has 4 aromatic rings. The van der Waals surface area contributed by atoms with Gasteiger partial charge in [-0.2, -0.15) is 10.1 Å². The number of hydrogen-bond donors (Lipinski definition) is 3. The van der Waals surface area contributed by atoms with Gasteiger partial charge >= 0.3 is 0 Å². The maximum absolute atomic E-state index is 12.3. The lowest BCUT2D eigenvalue weighted by molar-refractivity contribution is -0.129. The smallest absolute Gasteiger partial charge is 0.229 e. The van der Waals surface area contributed by atoms with E-state index in [1.165, 1.54) is 6.92 Å². The summed E-state index contributed by atoms with van der Waals surface area (Å²) in [7, 11) is 1.67. The number of halogens is 1. The number of rotatable bonds is 5. The molecule has 12 heteroatoms. The Balaban J connectivity index is 1.45. The zero-order valence-electron chi connectivity index (χ0n) is 19.5. The maximum Gasteiger partial charge on any atom is 0.229 e. The molecule has 35 heavy (non-hydrogen) atoms. The van der Waals surface area contributed by atoms with Crippen molar-refractivity contribution in [3.05, 3.63) is 35.2 Å². The maximum atomic E-state index is 12.3. The molecule has 1 aromatic carbocycles. The number of aromatic nitrogens is 6. The molecule has 11 nitrogen and oxygen atoms in total. The summed E-state index contributed by atoms with van der Waals surface area (Å²) in [5, 5.41) is 14.9. The third-order valence-electron chi connectivity index (χ3n) is 6.33. The predicted molar refractivity (Wildman–Crippen MR) is 135 cm³/mol. The highest BCUT2D eigenvalue weighted by Crippen LogP contribution is 2.39. The van der Waals surface area contributed by atoms with Crippen molar-refractivity contribution in [3.63, 3.8) is 0 Å². The Labute approximate surface area is 209 Å². The van der Waals surface area contributed by atoms with Crippen molar-refractivity contribution >= 4 is 61.6 Å². The van der Waals surface area contributed by atoms with Gasteiger partial charge in [0.05, 0.1) is 16.6 Å². The molecule has 3 aromatic heterocycles. The topological polar surface area (TPSA) is 140 Å². The van der Waals surface area contributed by atoms with Gasteiger partial charge in [0.2, 0.25) is 23.7 Å². The molecule has 1 aliphatic carbocycles. The van der Waals surface area contributed by atoms with Crippen molar-refractivity contribution < 1.29 is 9.59 Å². The third-order valence-corrected chi connectivity index (χ3v) is 6.91. The van der Waals surface area contributed by atoms with E-state index in [0.717, 1.165) is 29.3 Å². The summed E-state index contributed by atoms with van der Waals surface area (Å²) in [6.45, 7) is 3.40. The van der Waals surface area contributed by atoms with Crippen LogP contribution in [0.2, 0.25) is 0 Å². The summed E-state index contributed by atoms with van der Waals surface area (Å²) in [5.41, 5.74) is 1.72. The summed E-state index contributed by atoms with van der Waals surface area (Å²) in [5.74, 6) is 0.577. The van der Waals surface area contributed by atoms with Crippen molar-refractivity contribution in [2.75, 3.05) is 17.7 Å². The number of amides is 2. The number of hydrogen-bond acceptors (Lipinski definition) is 8. The van der Waals surface area contributed by atoms with Crippen molar-refractivity contribution in [2.45, 2.75) is 39.2 Å². The van der Waals surface area contributed by atoms with Crippen LogP contribution in [0.5, 0.6) is 0 Å². The molecule has 0 radical (unpaired) electrons. The first-order valence-corrected chi connectivity index (χ1v) is 12.0. The van der Waals surface area contributed by atoms with E-state index >= 15 is 0 Å². The molecule has 3 N–H and O–H groups in total. The second-order valence-corrected chi connectivity index (χ2v) is 9.73. The Morgan fingerprint density at radius 1 is 1.17 bits per heavy atom. The summed E-state index contributed by atoms with van der Waals surface area (Å²) in [4.78, 5) is 41.3. The number of carbonyl (C=O) groups is 2. The molecule has 0 aliphatic heterocycles. The van der Waals surface area contributed by atoms with Gasteiger partial charge in [0.1, 0.15) is 4.60 Å². The number of carbonyl (C=O) groups excluding carboxylic acids is 2. The number of fused-ring (bicyclic) bond motifs is 2. The third kappa shape index (κ3) is 4.41. The first kappa shape index (κ1) is 23.1. The molecule has 1 saturated carbocycles. The van der Waals surface area contributed by atoms with Gasteiger partial charge in [-0.05, 0) is 53.4 Å². The molecule has 1 aliphatic rings. The lowest BCUT2D eigenvalue weighted by Gasteiger charge is -2.22. The van der Waals surface area contributed by atoms with E-state index in [0.29, 0.717) is 28.1 Å². The molecule has 0 unspecified atom stereocenters. The highest BCUT2D eigenvalue weighted by molar-refractivity contribution is 9.10. The summed E-state index contributed by atoms with van der Waals surface area (Å²) in [6, 6.07) is 5.74. The minimum Gasteiger partial charge on any atom is -0.359 e. The van der Waals surface area contributed by atoms with E-state index in [9.17, 15) is 9.59 Å². The summed E-state index contributed by atoms with van der Waals surface area (Å²) < 4.78 is 2.36. The van der Waals surface area contributed by atoms with E-state index in [2.05, 4.69) is 51.9 Å². The number of anilines is 2. The molecule has 0 spiro atoms. The molecule has 5 rings (SSSR count). The quantitative estimate of drug-likeness (QED) is 0.352. The monoisotopic (exact) mass is 537 g/mol. The highest BCUT2D eigenvalue weighted by atomic mass is 79.9. The van der Waals surface area contributed by atoms with Crippen LogP contribution in [0.3, 0.4) is 0 Å². The van der Waals surface area contributed by atoms with Crippen LogP contribution in [0.15, 0.2) is 35.2 Å². The Morgan fingerprint density at radius 2 is 1.97 bits per heavy atom. The Hall–Kier alpha value is -3.67. The largest absolute Gasteiger partial charge is 0.359 e. The first-order valence-electron chi connectivity index (χ1n) is 11.2. The van der Waals surface area contributed by atoms with Gasteiger partial charge < -0.3 is 10.6 Å². The van der Waals surface area contributed by atoms with E-state index in [1.807, 2.05) is 25.1 Å². The van der Waals surface area contributed by atoms with Crippen LogP contribution < -0.4 is 16.0 Å². The summed E-state index contributed by atoms with van der Waals surface area (Å²) >= 11 is 3.51. The van der Waals surface area contributed by atoms with Crippen molar-refractivity contribution in [3.8, 4) is 5.69 Å². The molecule has 2 atom stereocenters. The van der Waals surface area contributed by atoms with Crippen LogP contribution in [0, 0.1) is 5.41 Å². The van der Waals surface area contributed by atoms with Crippen molar-refractivity contribution in [1.82, 2.24) is 35.0 Å². The zero-order chi connectivity index (χ0) is 24.7. The van der Waals surface area contributed by atoms with E-state index in [-0.39, 0.29) is 23.8 Å². The molecule has 3 heterocycles. The van der Waals surface area contributed by atoms with Gasteiger partial charge in [0, 0.05) is 43.2 Å². The predicted octanol–water partition coefficient (Wildman–Crippen LogP) is 3.20. The molecule has 1 fully saturated rings. The Bertz CT molecular complexity index is 1470. The Morgan fingerprint density at radius 3 is 2.74 bits per heavy atom. The lowest BCUT2D eigenvalue weighted by Crippen LogP contribution is -2.35. The highest BCUT2D eigenvalue weighted by Gasteiger charge is 2.40. The van der Waals surface area contributed by atoms with Gasteiger partial charge in [-0.1, -0.05) is 6.92 Å². The van der Waals surface area contributed by atoms with Crippen LogP contribution in [0.25, 0.3) is 27.6 Å². The normalized spacial score (nSPS) is 19.7. The fraction of sp³-hybridized carbons (Fsp3) is 0.348. The molecule has 180 valence electrons. The standard InChI is InChI=1S/C23H24BrN9O2/c1-12(34)28-21-26-10-13-8-15(4-5-17(13)30-21)33-19-16(18(24)32-33)11-27-22(31-19)29-14-6-7-23(2,9-14)20(35)25-3/h4-5,8,10-11,14H,6-7,9H2,1-3H3,(H,25,35)(H,27,29,31)(H,26,28,30,34)/t14-,23-/m1/s1. The SMILES string of the molecule is CNC(=O)[C@]1(C)CC[C@@H](Nc2ncc3c(Br)nn(-c4ccc5nc(NC(C)=O)ncc5c4)c3n2)C1. The van der Waals surface area contributed by atoms with Gasteiger partial charge in [0.25, 0.3) is 0 Å². The van der Waals surface area contributed by atoms with Gasteiger partial charge in [-0.3, -0.25) is 14.9 Å². The lowest BCUT2D eigenvalue weighted by atomic mass is 9.87. The zero-order valence-corrected chi connectivity index (χ0v) is 21.0. The molecule has 2 amide bonds. The molecule has 0 saturated heterocycles. The van der Waals surface area contributed by atoms with Crippen LogP contribution in [-0.2, 0) is 9.59 Å². The minimum absolute atomic E-state index is 0.0599. The average molecular weight is 538 g/mol. The van der Waals surface area contributed by atoms with Gasteiger partial charge in [-0.25, -0.2) is 19.6 Å². The fourth-order valence-electron chi connectivity index (χ4n) is 4.54. The van der Waals surface area contributed by atoms with Gasteiger partial charge in [0.15, 0.2) is 5.65 Å². The van der Waals surface area contributed by atoms with Crippen molar-refractivity contribution in [2.24, 2.45) is 5.41 Å². The number of nitrogens with zero attached hydrogens (tertiary/aromatic N) is 6. The Kier molecular flexibility index (Phi) is 5.83. The fourth-order valence-corrected chi connectivity index (χ4v) is 4.98. The van der Waals surface area contributed by atoms with E-state index in [1.54, 1.807) is 24.1 Å². The second kappa shape index (κ2) is 8.84. The van der Waals surface area contributed by atoms with Crippen molar-refractivity contribution in [1.29, 1.82) is 0 Å². The average Bonchev–Trinajstić information content (AvgIpc) is 3.38. The molecular weight excluding hydrogens is 514 g/mol. The van der Waals surface area contributed by atoms with Crippen LogP contribution in [0.4, 0.5) is 11.9 Å². The van der Waals surface area contributed by atoms with Gasteiger partial charge in [-0.15, -0.1) is 0 Å². The van der Waals surface area contributed by atoms with Crippen LogP contribution in [-0.4, -0.2) is 54.6 Å². The van der Waals surface area contributed by atoms with E-state index in [4.69, 9.17) is 4.98 Å².